The zero-order chi connectivity index (χ0) is 22.5. The van der Waals surface area contributed by atoms with Crippen LogP contribution in [0.1, 0.15) is 33.0 Å². The molecule has 1 aliphatic rings. The molecule has 0 saturated carbocycles. The van der Waals surface area contributed by atoms with E-state index in [-0.39, 0.29) is 18.7 Å². The smallest absolute Gasteiger partial charge is 0.285 e. The second kappa shape index (κ2) is 9.45. The van der Waals surface area contributed by atoms with E-state index in [0.717, 1.165) is 11.1 Å². The minimum atomic E-state index is -1.18. The number of amides is 3. The molecule has 3 aromatic rings. The van der Waals surface area contributed by atoms with Crippen LogP contribution in [0.3, 0.4) is 0 Å². The number of nitrogens with one attached hydrogen (secondary N) is 1. The van der Waals surface area contributed by atoms with Gasteiger partial charge in [0.05, 0.1) is 7.11 Å². The number of rotatable bonds is 7. The van der Waals surface area contributed by atoms with Crippen LogP contribution in [-0.2, 0) is 27.6 Å². The van der Waals surface area contributed by atoms with Crippen molar-refractivity contribution in [2.45, 2.75) is 19.1 Å². The number of carbonyl (C=O) groups excluding carboxylic acids is 3. The number of fused-ring (bicyclic) bond motifs is 1. The first-order chi connectivity index (χ1) is 15.6. The molecular formula is C25H22N2O5. The van der Waals surface area contributed by atoms with Gasteiger partial charge in [-0.15, -0.1) is 5.06 Å². The average Bonchev–Trinajstić information content (AvgIpc) is 2.83. The molecule has 4 rings (SSSR count). The van der Waals surface area contributed by atoms with Crippen LogP contribution in [0, 0.1) is 0 Å². The lowest BCUT2D eigenvalue weighted by Crippen LogP contribution is -2.49. The van der Waals surface area contributed by atoms with Crippen molar-refractivity contribution in [3.8, 4) is 5.75 Å². The van der Waals surface area contributed by atoms with Gasteiger partial charge >= 0.3 is 0 Å². The predicted octanol–water partition coefficient (Wildman–Crippen LogP) is 3.21. The maximum absolute atomic E-state index is 13.2. The van der Waals surface area contributed by atoms with Crippen LogP contribution in [-0.4, -0.2) is 29.9 Å². The van der Waals surface area contributed by atoms with Gasteiger partial charge in [-0.2, -0.15) is 0 Å². The lowest BCUT2D eigenvalue weighted by molar-refractivity contribution is -0.177. The van der Waals surface area contributed by atoms with Crippen LogP contribution in [0.5, 0.6) is 5.75 Å². The van der Waals surface area contributed by atoms with Crippen LogP contribution in [0.4, 0.5) is 0 Å². The Morgan fingerprint density at radius 3 is 2.31 bits per heavy atom. The molecule has 3 amide bonds. The van der Waals surface area contributed by atoms with Crippen molar-refractivity contribution in [2.75, 3.05) is 7.11 Å². The highest BCUT2D eigenvalue weighted by Gasteiger charge is 2.43. The molecule has 0 radical (unpaired) electrons. The Hall–Kier alpha value is -3.97. The number of nitrogens with zero attached hydrogens (tertiary/aromatic N) is 1. The molecule has 0 fully saturated rings. The van der Waals surface area contributed by atoms with Gasteiger partial charge in [0.25, 0.3) is 11.8 Å². The number of benzene rings is 3. The summed E-state index contributed by atoms with van der Waals surface area (Å²) in [6.45, 7) is 0.258. The zero-order valence-electron chi connectivity index (χ0n) is 17.5. The van der Waals surface area contributed by atoms with E-state index >= 15 is 0 Å². The van der Waals surface area contributed by atoms with Gasteiger partial charge < -0.3 is 10.1 Å². The van der Waals surface area contributed by atoms with Crippen molar-refractivity contribution in [1.29, 1.82) is 0 Å². The SMILES string of the molecule is COc1ccc(CNC(=O)C2C(=O)N(OCc3ccccc3)C(=O)c3ccccc32)cc1. The molecule has 7 nitrogen and oxygen atoms in total. The van der Waals surface area contributed by atoms with Gasteiger partial charge in [-0.3, -0.25) is 19.2 Å². The summed E-state index contributed by atoms with van der Waals surface area (Å²) in [5.41, 5.74) is 2.29. The molecule has 0 aromatic heterocycles. The number of imide groups is 1. The third-order valence-corrected chi connectivity index (χ3v) is 5.22. The standard InChI is InChI=1S/C25H22N2O5/c1-31-19-13-11-17(12-14-19)15-26-23(28)22-20-9-5-6-10-21(20)24(29)27(25(22)30)32-16-18-7-3-2-4-8-18/h2-14,22H,15-16H2,1H3,(H,26,28). The Morgan fingerprint density at radius 1 is 0.906 bits per heavy atom. The molecule has 0 aliphatic carbocycles. The molecule has 0 spiro atoms. The van der Waals surface area contributed by atoms with Crippen LogP contribution >= 0.6 is 0 Å². The number of hydroxylamine groups is 2. The molecule has 7 heteroatoms. The summed E-state index contributed by atoms with van der Waals surface area (Å²) in [6.07, 6.45) is 0. The minimum Gasteiger partial charge on any atom is -0.497 e. The highest BCUT2D eigenvalue weighted by atomic mass is 16.7. The van der Waals surface area contributed by atoms with E-state index in [1.165, 1.54) is 0 Å². The molecule has 3 aromatic carbocycles. The maximum atomic E-state index is 13.2. The summed E-state index contributed by atoms with van der Waals surface area (Å²) in [7, 11) is 1.58. The van der Waals surface area contributed by atoms with Crippen LogP contribution in [0.25, 0.3) is 0 Å². The first-order valence-electron chi connectivity index (χ1n) is 10.1. The van der Waals surface area contributed by atoms with Crippen molar-refractivity contribution in [2.24, 2.45) is 0 Å². The third kappa shape index (κ3) is 4.38. The average molecular weight is 430 g/mol. The number of ether oxygens (including phenoxy) is 1. The second-order valence-electron chi connectivity index (χ2n) is 7.28. The Labute approximate surface area is 185 Å². The van der Waals surface area contributed by atoms with Crippen molar-refractivity contribution in [3.63, 3.8) is 0 Å². The molecule has 1 unspecified atom stereocenters. The minimum absolute atomic E-state index is 0.0284. The normalized spacial score (nSPS) is 15.3. The fourth-order valence-corrected chi connectivity index (χ4v) is 3.53. The number of carbonyl (C=O) groups is 3. The quantitative estimate of drug-likeness (QED) is 0.460. The third-order valence-electron chi connectivity index (χ3n) is 5.22. The lowest BCUT2D eigenvalue weighted by Gasteiger charge is -2.30. The summed E-state index contributed by atoms with van der Waals surface area (Å²) in [6, 6.07) is 23.0. The Bertz CT molecular complexity index is 1130. The summed E-state index contributed by atoms with van der Waals surface area (Å²) >= 11 is 0. The van der Waals surface area contributed by atoms with E-state index in [9.17, 15) is 14.4 Å². The molecule has 0 bridgehead atoms. The maximum Gasteiger partial charge on any atom is 0.285 e. The van der Waals surface area contributed by atoms with E-state index in [1.807, 2.05) is 42.5 Å². The number of hydrogen-bond donors (Lipinski definition) is 1. The first-order valence-corrected chi connectivity index (χ1v) is 10.1. The van der Waals surface area contributed by atoms with Gasteiger partial charge in [-0.1, -0.05) is 60.7 Å². The van der Waals surface area contributed by atoms with E-state index in [2.05, 4.69) is 5.32 Å². The van der Waals surface area contributed by atoms with Crippen LogP contribution < -0.4 is 10.1 Å². The second-order valence-corrected chi connectivity index (χ2v) is 7.28. The van der Waals surface area contributed by atoms with Crippen molar-refractivity contribution in [3.05, 3.63) is 101 Å². The van der Waals surface area contributed by atoms with E-state index in [0.29, 0.717) is 16.4 Å². The number of methoxy groups -OCH3 is 1. The Morgan fingerprint density at radius 2 is 1.59 bits per heavy atom. The molecule has 1 heterocycles. The topological polar surface area (TPSA) is 84.9 Å². The highest BCUT2D eigenvalue weighted by molar-refractivity contribution is 6.18. The summed E-state index contributed by atoms with van der Waals surface area (Å²) in [5, 5.41) is 3.49. The van der Waals surface area contributed by atoms with E-state index < -0.39 is 23.6 Å². The number of hydrogen-bond acceptors (Lipinski definition) is 5. The molecule has 1 atom stereocenters. The molecule has 1 N–H and O–H groups in total. The summed E-state index contributed by atoms with van der Waals surface area (Å²) in [5.74, 6) is -2.27. The zero-order valence-corrected chi connectivity index (χ0v) is 17.5. The van der Waals surface area contributed by atoms with E-state index in [4.69, 9.17) is 9.57 Å². The highest BCUT2D eigenvalue weighted by Crippen LogP contribution is 2.30. The van der Waals surface area contributed by atoms with Gasteiger partial charge in [0.1, 0.15) is 18.3 Å². The fraction of sp³-hybridized carbons (Fsp3) is 0.160. The summed E-state index contributed by atoms with van der Waals surface area (Å²) in [4.78, 5) is 44.7. The van der Waals surface area contributed by atoms with Gasteiger partial charge in [-0.25, -0.2) is 0 Å². The van der Waals surface area contributed by atoms with Gasteiger partial charge in [0.15, 0.2) is 0 Å². The van der Waals surface area contributed by atoms with E-state index in [1.54, 1.807) is 43.5 Å². The largest absolute Gasteiger partial charge is 0.497 e. The monoisotopic (exact) mass is 430 g/mol. The van der Waals surface area contributed by atoms with Crippen molar-refractivity contribution >= 4 is 17.7 Å². The van der Waals surface area contributed by atoms with Gasteiger partial charge in [-0.05, 0) is 34.9 Å². The summed E-state index contributed by atoms with van der Waals surface area (Å²) < 4.78 is 5.14. The predicted molar refractivity (Wildman–Crippen MR) is 116 cm³/mol. The van der Waals surface area contributed by atoms with Crippen LogP contribution in [0.2, 0.25) is 0 Å². The Balaban J connectivity index is 1.53. The Kier molecular flexibility index (Phi) is 6.28. The molecule has 1 aliphatic heterocycles. The molecule has 32 heavy (non-hydrogen) atoms. The lowest BCUT2D eigenvalue weighted by atomic mass is 9.88. The molecule has 0 saturated heterocycles. The fourth-order valence-electron chi connectivity index (χ4n) is 3.53. The molecule has 162 valence electrons. The van der Waals surface area contributed by atoms with Crippen molar-refractivity contribution in [1.82, 2.24) is 10.4 Å². The first kappa shape index (κ1) is 21.3. The van der Waals surface area contributed by atoms with Crippen molar-refractivity contribution < 1.29 is 24.0 Å². The van der Waals surface area contributed by atoms with Gasteiger partial charge in [0, 0.05) is 12.1 Å². The molecular weight excluding hydrogens is 408 g/mol. The van der Waals surface area contributed by atoms with Crippen LogP contribution in [0.15, 0.2) is 78.9 Å². The van der Waals surface area contributed by atoms with Gasteiger partial charge in [0.2, 0.25) is 5.91 Å².